The number of hydrogen-bond donors (Lipinski definition) is 1. The van der Waals surface area contributed by atoms with E-state index in [0.29, 0.717) is 12.2 Å². The molecule has 4 aromatic carbocycles. The molecule has 0 aliphatic rings. The van der Waals surface area contributed by atoms with E-state index in [1.54, 1.807) is 42.5 Å². The predicted molar refractivity (Wildman–Crippen MR) is 180 cm³/mol. The van der Waals surface area contributed by atoms with Gasteiger partial charge in [-0.2, -0.15) is 0 Å². The number of amides is 2. The predicted octanol–water partition coefficient (Wildman–Crippen LogP) is 6.21. The number of nitrogens with zero attached hydrogens (tertiary/aromatic N) is 2. The summed E-state index contributed by atoms with van der Waals surface area (Å²) >= 11 is 3.51. The van der Waals surface area contributed by atoms with Crippen LogP contribution in [0.4, 0.5) is 5.69 Å². The number of carbonyl (C=O) groups excluding carboxylic acids is 2. The zero-order valence-electron chi connectivity index (χ0n) is 25.6. The zero-order chi connectivity index (χ0) is 32.4. The molecule has 0 aromatic heterocycles. The Morgan fingerprint density at radius 2 is 1.49 bits per heavy atom. The minimum atomic E-state index is -4.22. The van der Waals surface area contributed by atoms with Crippen LogP contribution >= 0.6 is 15.9 Å². The molecule has 2 amide bonds. The smallest absolute Gasteiger partial charge is 0.264 e. The van der Waals surface area contributed by atoms with Crippen molar-refractivity contribution in [3.05, 3.63) is 125 Å². The van der Waals surface area contributed by atoms with E-state index >= 15 is 0 Å². The summed E-state index contributed by atoms with van der Waals surface area (Å²) in [5.74, 6) is -0.564. The molecule has 0 saturated heterocycles. The molecule has 236 valence electrons. The average molecular weight is 693 g/mol. The molecule has 0 spiro atoms. The third-order valence-electron chi connectivity index (χ3n) is 7.48. The topological polar surface area (TPSA) is 96.0 Å². The molecule has 0 heterocycles. The lowest BCUT2D eigenvalue weighted by atomic mass is 10.0. The Morgan fingerprint density at radius 1 is 0.867 bits per heavy atom. The fourth-order valence-electron chi connectivity index (χ4n) is 4.90. The highest BCUT2D eigenvalue weighted by Crippen LogP contribution is 2.32. The molecule has 8 nitrogen and oxygen atoms in total. The van der Waals surface area contributed by atoms with Gasteiger partial charge < -0.3 is 15.0 Å². The lowest BCUT2D eigenvalue weighted by Crippen LogP contribution is -2.54. The lowest BCUT2D eigenvalue weighted by molar-refractivity contribution is -0.140. The highest BCUT2D eigenvalue weighted by molar-refractivity contribution is 9.10. The maximum absolute atomic E-state index is 14.6. The normalized spacial score (nSPS) is 12.5. The van der Waals surface area contributed by atoms with Crippen LogP contribution in [0.1, 0.15) is 31.4 Å². The van der Waals surface area contributed by atoms with Crippen molar-refractivity contribution in [2.45, 2.75) is 50.2 Å². The van der Waals surface area contributed by atoms with E-state index in [9.17, 15) is 18.0 Å². The van der Waals surface area contributed by atoms with Gasteiger partial charge in [-0.3, -0.25) is 13.9 Å². The number of ether oxygens (including phenoxy) is 1. The van der Waals surface area contributed by atoms with E-state index in [1.807, 2.05) is 68.4 Å². The molecule has 2 atom stereocenters. The number of para-hydroxylation sites is 2. The Kier molecular flexibility index (Phi) is 11.8. The van der Waals surface area contributed by atoms with Crippen molar-refractivity contribution in [1.82, 2.24) is 10.2 Å². The summed E-state index contributed by atoms with van der Waals surface area (Å²) in [6.45, 7) is 3.40. The summed E-state index contributed by atoms with van der Waals surface area (Å²) in [6, 6.07) is 30.5. The van der Waals surface area contributed by atoms with Crippen LogP contribution in [0.25, 0.3) is 0 Å². The number of sulfonamides is 1. The molecule has 0 unspecified atom stereocenters. The Morgan fingerprint density at radius 3 is 2.13 bits per heavy atom. The third kappa shape index (κ3) is 8.73. The van der Waals surface area contributed by atoms with Gasteiger partial charge in [0, 0.05) is 23.5 Å². The molecule has 1 N–H and O–H groups in total. The molecule has 0 aliphatic heterocycles. The monoisotopic (exact) mass is 691 g/mol. The van der Waals surface area contributed by atoms with Crippen molar-refractivity contribution in [3.8, 4) is 5.75 Å². The van der Waals surface area contributed by atoms with Crippen LogP contribution in [0.2, 0.25) is 0 Å². The summed E-state index contributed by atoms with van der Waals surface area (Å²) in [4.78, 5) is 30.0. The van der Waals surface area contributed by atoms with Gasteiger partial charge in [0.05, 0.1) is 17.7 Å². The van der Waals surface area contributed by atoms with Crippen LogP contribution in [-0.2, 0) is 32.6 Å². The van der Waals surface area contributed by atoms with Gasteiger partial charge in [0.1, 0.15) is 18.3 Å². The zero-order valence-corrected chi connectivity index (χ0v) is 28.0. The summed E-state index contributed by atoms with van der Waals surface area (Å²) in [5, 5.41) is 3.05. The maximum Gasteiger partial charge on any atom is 0.264 e. The molecule has 0 bridgehead atoms. The molecular formula is C35H38BrN3O5S. The number of methoxy groups -OCH3 is 1. The summed E-state index contributed by atoms with van der Waals surface area (Å²) < 4.78 is 35.7. The molecule has 0 fully saturated rings. The quantitative estimate of drug-likeness (QED) is 0.170. The first-order chi connectivity index (χ1) is 21.6. The van der Waals surface area contributed by atoms with Gasteiger partial charge in [-0.1, -0.05) is 95.7 Å². The van der Waals surface area contributed by atoms with E-state index in [-0.39, 0.29) is 35.5 Å². The first-order valence-electron chi connectivity index (χ1n) is 14.7. The highest BCUT2D eigenvalue weighted by Gasteiger charge is 2.35. The second-order valence-corrected chi connectivity index (χ2v) is 13.4. The van der Waals surface area contributed by atoms with E-state index in [1.165, 1.54) is 24.1 Å². The first kappa shape index (κ1) is 33.7. The standard InChI is InChI=1S/C35H38BrN3O5S/c1-4-26(2)37-35(41)32(23-27-14-7-5-8-15-27)38(24-28-16-13-17-29(36)22-28)34(40)25-39(31-20-11-12-21-33(31)44-3)45(42,43)30-18-9-6-10-19-30/h5-22,26,32H,4,23-25H2,1-3H3,(H,37,41)/t26-,32-/m0/s1. The fourth-order valence-corrected chi connectivity index (χ4v) is 6.79. The molecule has 4 rings (SSSR count). The maximum atomic E-state index is 14.6. The SMILES string of the molecule is CC[C@H](C)NC(=O)[C@H](Cc1ccccc1)N(Cc1cccc(Br)c1)C(=O)CN(c1ccccc1OC)S(=O)(=O)c1ccccc1. The van der Waals surface area contributed by atoms with Crippen molar-refractivity contribution in [3.63, 3.8) is 0 Å². The van der Waals surface area contributed by atoms with E-state index in [4.69, 9.17) is 4.74 Å². The minimum Gasteiger partial charge on any atom is -0.495 e. The summed E-state index contributed by atoms with van der Waals surface area (Å²) in [6.07, 6.45) is 0.948. The third-order valence-corrected chi connectivity index (χ3v) is 9.75. The molecule has 0 radical (unpaired) electrons. The first-order valence-corrected chi connectivity index (χ1v) is 17.0. The van der Waals surface area contributed by atoms with Gasteiger partial charge >= 0.3 is 0 Å². The van der Waals surface area contributed by atoms with Crippen LogP contribution in [0, 0.1) is 0 Å². The fraction of sp³-hybridized carbons (Fsp3) is 0.257. The second kappa shape index (κ2) is 15.7. The molecule has 10 heteroatoms. The van der Waals surface area contributed by atoms with Crippen molar-refractivity contribution in [2.24, 2.45) is 0 Å². The number of rotatable bonds is 14. The number of benzene rings is 4. The highest BCUT2D eigenvalue weighted by atomic mass is 79.9. The summed E-state index contributed by atoms with van der Waals surface area (Å²) in [7, 11) is -2.78. The van der Waals surface area contributed by atoms with Gasteiger partial charge in [0.2, 0.25) is 11.8 Å². The number of halogens is 1. The van der Waals surface area contributed by atoms with Gasteiger partial charge in [0.25, 0.3) is 10.0 Å². The minimum absolute atomic E-state index is 0.0256. The van der Waals surface area contributed by atoms with Gasteiger partial charge in [0.15, 0.2) is 0 Å². The van der Waals surface area contributed by atoms with Crippen LogP contribution in [-0.4, -0.2) is 50.9 Å². The summed E-state index contributed by atoms with van der Waals surface area (Å²) in [5.41, 5.74) is 1.86. The van der Waals surface area contributed by atoms with Crippen molar-refractivity contribution in [2.75, 3.05) is 18.0 Å². The largest absolute Gasteiger partial charge is 0.495 e. The van der Waals surface area contributed by atoms with Crippen LogP contribution in [0.5, 0.6) is 5.75 Å². The van der Waals surface area contributed by atoms with Crippen LogP contribution in [0.3, 0.4) is 0 Å². The van der Waals surface area contributed by atoms with E-state index in [0.717, 1.165) is 19.9 Å². The second-order valence-electron chi connectivity index (χ2n) is 10.7. The van der Waals surface area contributed by atoms with E-state index in [2.05, 4.69) is 21.2 Å². The Bertz CT molecular complexity index is 1690. The number of hydrogen-bond acceptors (Lipinski definition) is 5. The average Bonchev–Trinajstić information content (AvgIpc) is 3.05. The molecule has 45 heavy (non-hydrogen) atoms. The van der Waals surface area contributed by atoms with Crippen molar-refractivity contribution in [1.29, 1.82) is 0 Å². The molecule has 0 aliphatic carbocycles. The van der Waals surface area contributed by atoms with Crippen molar-refractivity contribution >= 4 is 43.5 Å². The van der Waals surface area contributed by atoms with E-state index < -0.39 is 28.5 Å². The molecular weight excluding hydrogens is 654 g/mol. The van der Waals surface area contributed by atoms with Crippen molar-refractivity contribution < 1.29 is 22.7 Å². The number of carbonyl (C=O) groups is 2. The molecule has 0 saturated carbocycles. The van der Waals surface area contributed by atoms with Gasteiger partial charge in [-0.25, -0.2) is 8.42 Å². The Labute approximate surface area is 274 Å². The number of nitrogens with one attached hydrogen (secondary N) is 1. The Balaban J connectivity index is 1.83. The van der Waals surface area contributed by atoms with Gasteiger partial charge in [-0.15, -0.1) is 0 Å². The van der Waals surface area contributed by atoms with Gasteiger partial charge in [-0.05, 0) is 60.9 Å². The molecule has 4 aromatic rings. The lowest BCUT2D eigenvalue weighted by Gasteiger charge is -2.34. The Hall–Kier alpha value is -4.15. The van der Waals surface area contributed by atoms with Crippen LogP contribution < -0.4 is 14.4 Å². The number of anilines is 1. The van der Waals surface area contributed by atoms with Crippen LogP contribution in [0.15, 0.2) is 119 Å².